The Morgan fingerprint density at radius 1 is 0.889 bits per heavy atom. The minimum absolute atomic E-state index is 0.0215. The lowest BCUT2D eigenvalue weighted by molar-refractivity contribution is -0.0527. The lowest BCUT2D eigenvalue weighted by atomic mass is 9.79. The molecule has 0 bridgehead atoms. The highest BCUT2D eigenvalue weighted by molar-refractivity contribution is 5.92. The fourth-order valence-electron chi connectivity index (χ4n) is 4.22. The third-order valence-electron chi connectivity index (χ3n) is 5.72. The van der Waals surface area contributed by atoms with Gasteiger partial charge in [0, 0.05) is 34.7 Å². The fraction of sp³-hybridized carbons (Fsp3) is 0.174. The second-order valence-electron chi connectivity index (χ2n) is 7.92. The van der Waals surface area contributed by atoms with Crippen LogP contribution in [0.1, 0.15) is 39.1 Å². The number of benzene rings is 3. The maximum atomic E-state index is 13.3. The van der Waals surface area contributed by atoms with Gasteiger partial charge < -0.3 is 50.3 Å². The predicted octanol–water partition coefficient (Wildman–Crippen LogP) is 3.39. The number of phenols is 7. The summed E-state index contributed by atoms with van der Waals surface area (Å²) < 4.78 is 36.8. The van der Waals surface area contributed by atoms with Crippen molar-refractivity contribution in [2.45, 2.75) is 25.1 Å². The highest BCUT2D eigenvalue weighted by atomic mass is 19.3. The molecule has 0 saturated carbocycles. The Labute approximate surface area is 199 Å². The highest BCUT2D eigenvalue weighted by Crippen LogP contribution is 2.54. The van der Waals surface area contributed by atoms with Gasteiger partial charge in [0.1, 0.15) is 23.4 Å². The number of carboxylic acid groups (broad SMARTS) is 1. The van der Waals surface area contributed by atoms with Crippen molar-refractivity contribution in [3.05, 3.63) is 52.6 Å². The number of carbonyl (C=O) groups is 1. The second kappa shape index (κ2) is 8.76. The van der Waals surface area contributed by atoms with E-state index in [9.17, 15) is 54.4 Å². The summed E-state index contributed by atoms with van der Waals surface area (Å²) in [6.07, 6.45) is -1.78. The molecule has 13 heteroatoms. The summed E-state index contributed by atoms with van der Waals surface area (Å²) in [4.78, 5) is 12.0. The maximum absolute atomic E-state index is 13.3. The molecule has 2 atom stereocenters. The van der Waals surface area contributed by atoms with Gasteiger partial charge in [-0.1, -0.05) is 0 Å². The summed E-state index contributed by atoms with van der Waals surface area (Å²) >= 11 is 0. The molecule has 0 aliphatic carbocycles. The van der Waals surface area contributed by atoms with E-state index in [0.717, 1.165) is 24.3 Å². The molecular weight excluding hydrogens is 490 g/mol. The molecule has 190 valence electrons. The van der Waals surface area contributed by atoms with Gasteiger partial charge in [0.05, 0.1) is 5.56 Å². The molecule has 3 aromatic rings. The molecule has 0 aromatic heterocycles. The first kappa shape index (κ1) is 24.3. The standard InChI is InChI=1S/C23H18F2O11/c24-23(25)36-21-17(11(22(33)34)6-15(30)19(21)32)10-5-9-12(27)3-8(26)4-16(9)35-20(10)7-1-13(28)18(31)14(29)2-7/h1-4,6,10,20,23,26-32H,5H2,(H,33,34)/t10?,20-/m0/s1. The van der Waals surface area contributed by atoms with E-state index in [2.05, 4.69) is 4.74 Å². The molecule has 11 nitrogen and oxygen atoms in total. The van der Waals surface area contributed by atoms with Crippen molar-refractivity contribution < 1.29 is 63.9 Å². The van der Waals surface area contributed by atoms with E-state index < -0.39 is 81.7 Å². The van der Waals surface area contributed by atoms with E-state index in [1.54, 1.807) is 0 Å². The summed E-state index contributed by atoms with van der Waals surface area (Å²) in [6.45, 7) is -3.56. The van der Waals surface area contributed by atoms with E-state index in [1.165, 1.54) is 0 Å². The molecule has 3 aromatic carbocycles. The van der Waals surface area contributed by atoms with Crippen LogP contribution >= 0.6 is 0 Å². The number of ether oxygens (including phenoxy) is 2. The Kier molecular flexibility index (Phi) is 5.92. The van der Waals surface area contributed by atoms with Gasteiger partial charge in [-0.15, -0.1) is 0 Å². The summed E-state index contributed by atoms with van der Waals surface area (Å²) in [6, 6.07) is 4.59. The molecule has 0 fully saturated rings. The number of hydrogen-bond acceptors (Lipinski definition) is 10. The van der Waals surface area contributed by atoms with Crippen LogP contribution in [0.2, 0.25) is 0 Å². The van der Waals surface area contributed by atoms with E-state index >= 15 is 0 Å². The smallest absolute Gasteiger partial charge is 0.387 e. The average Bonchev–Trinajstić information content (AvgIpc) is 2.79. The van der Waals surface area contributed by atoms with E-state index in [-0.39, 0.29) is 23.3 Å². The Bertz CT molecular complexity index is 1350. The summed E-state index contributed by atoms with van der Waals surface area (Å²) in [5.74, 6) is -9.86. The van der Waals surface area contributed by atoms with Crippen LogP contribution in [-0.4, -0.2) is 53.4 Å². The van der Waals surface area contributed by atoms with E-state index in [0.29, 0.717) is 6.07 Å². The minimum atomic E-state index is -3.56. The SMILES string of the molecule is O=C(O)c1cc(O)c(O)c(OC(F)F)c1C1Cc2c(O)cc(O)cc2O[C@H]1c1cc(O)c(O)c(O)c1. The molecule has 36 heavy (non-hydrogen) atoms. The molecule has 0 amide bonds. The first-order valence-corrected chi connectivity index (χ1v) is 10.1. The lowest BCUT2D eigenvalue weighted by Gasteiger charge is -2.36. The zero-order valence-electron chi connectivity index (χ0n) is 17.9. The van der Waals surface area contributed by atoms with Crippen molar-refractivity contribution in [2.75, 3.05) is 0 Å². The molecule has 1 heterocycles. The van der Waals surface area contributed by atoms with Crippen LogP contribution in [-0.2, 0) is 6.42 Å². The number of halogens is 2. The fourth-order valence-corrected chi connectivity index (χ4v) is 4.22. The number of rotatable bonds is 5. The van der Waals surface area contributed by atoms with E-state index in [4.69, 9.17) is 4.74 Å². The molecule has 1 unspecified atom stereocenters. The number of carboxylic acids is 1. The highest BCUT2D eigenvalue weighted by Gasteiger charge is 2.41. The zero-order valence-corrected chi connectivity index (χ0v) is 17.9. The van der Waals surface area contributed by atoms with Crippen molar-refractivity contribution in [1.29, 1.82) is 0 Å². The lowest BCUT2D eigenvalue weighted by Crippen LogP contribution is -2.27. The van der Waals surface area contributed by atoms with Crippen LogP contribution in [0, 0.1) is 0 Å². The van der Waals surface area contributed by atoms with Gasteiger partial charge >= 0.3 is 12.6 Å². The summed E-state index contributed by atoms with van der Waals surface area (Å²) in [7, 11) is 0. The third kappa shape index (κ3) is 4.10. The molecule has 0 radical (unpaired) electrons. The maximum Gasteiger partial charge on any atom is 0.387 e. The summed E-state index contributed by atoms with van der Waals surface area (Å²) in [5.41, 5.74) is -1.39. The largest absolute Gasteiger partial charge is 0.508 e. The van der Waals surface area contributed by atoms with Crippen LogP contribution in [0.3, 0.4) is 0 Å². The third-order valence-corrected chi connectivity index (χ3v) is 5.72. The van der Waals surface area contributed by atoms with Gasteiger partial charge in [-0.25, -0.2) is 4.79 Å². The van der Waals surface area contributed by atoms with Crippen LogP contribution in [0.15, 0.2) is 30.3 Å². The van der Waals surface area contributed by atoms with Gasteiger partial charge in [-0.3, -0.25) is 0 Å². The normalized spacial score (nSPS) is 16.9. The number of hydrogen-bond donors (Lipinski definition) is 8. The molecular formula is C23H18F2O11. The number of aromatic hydroxyl groups is 7. The second-order valence-corrected chi connectivity index (χ2v) is 7.92. The number of alkyl halides is 2. The van der Waals surface area contributed by atoms with Crippen LogP contribution in [0.4, 0.5) is 8.78 Å². The van der Waals surface area contributed by atoms with Crippen molar-refractivity contribution in [3.63, 3.8) is 0 Å². The molecule has 1 aliphatic heterocycles. The van der Waals surface area contributed by atoms with Crippen molar-refractivity contribution in [2.24, 2.45) is 0 Å². The van der Waals surface area contributed by atoms with Gasteiger partial charge in [0.2, 0.25) is 5.75 Å². The first-order valence-electron chi connectivity index (χ1n) is 10.1. The van der Waals surface area contributed by atoms with Crippen molar-refractivity contribution in [3.8, 4) is 51.7 Å². The van der Waals surface area contributed by atoms with Gasteiger partial charge in [-0.05, 0) is 24.6 Å². The predicted molar refractivity (Wildman–Crippen MR) is 114 cm³/mol. The van der Waals surface area contributed by atoms with Gasteiger partial charge in [-0.2, -0.15) is 8.78 Å². The molecule has 1 aliphatic rings. The number of aromatic carboxylic acids is 1. The van der Waals surface area contributed by atoms with Crippen LogP contribution in [0.5, 0.6) is 51.7 Å². The average molecular weight is 508 g/mol. The number of fused-ring (bicyclic) bond motifs is 1. The zero-order chi connectivity index (χ0) is 26.5. The Balaban J connectivity index is 2.04. The molecule has 0 saturated heterocycles. The molecule has 8 N–H and O–H groups in total. The minimum Gasteiger partial charge on any atom is -0.508 e. The Hall–Kier alpha value is -4.81. The topological polar surface area (TPSA) is 197 Å². The van der Waals surface area contributed by atoms with Gasteiger partial charge in [0.15, 0.2) is 28.7 Å². The first-order chi connectivity index (χ1) is 16.9. The van der Waals surface area contributed by atoms with Crippen molar-refractivity contribution in [1.82, 2.24) is 0 Å². The van der Waals surface area contributed by atoms with E-state index in [1.807, 2.05) is 0 Å². The molecule has 4 rings (SSSR count). The van der Waals surface area contributed by atoms with Crippen molar-refractivity contribution >= 4 is 5.97 Å². The van der Waals surface area contributed by atoms with Crippen LogP contribution in [0.25, 0.3) is 0 Å². The summed E-state index contributed by atoms with van der Waals surface area (Å²) in [5, 5.41) is 80.0. The quantitative estimate of drug-likeness (QED) is 0.235. The molecule has 0 spiro atoms. The van der Waals surface area contributed by atoms with Crippen LogP contribution < -0.4 is 9.47 Å². The van der Waals surface area contributed by atoms with Gasteiger partial charge in [0.25, 0.3) is 0 Å². The monoisotopic (exact) mass is 508 g/mol. The Morgan fingerprint density at radius 2 is 1.50 bits per heavy atom. The number of phenolic OH excluding ortho intramolecular Hbond substituents is 7. The Morgan fingerprint density at radius 3 is 2.08 bits per heavy atom.